The molecule has 0 bridgehead atoms. The van der Waals surface area contributed by atoms with Crippen molar-refractivity contribution >= 4 is 11.6 Å². The van der Waals surface area contributed by atoms with Gasteiger partial charge in [-0.2, -0.15) is 10.1 Å². The molecule has 31 heavy (non-hydrogen) atoms. The summed E-state index contributed by atoms with van der Waals surface area (Å²) < 4.78 is 13.9. The minimum atomic E-state index is -0.261. The number of nitrogens with zero attached hydrogens (tertiary/aromatic N) is 3. The summed E-state index contributed by atoms with van der Waals surface area (Å²) in [7, 11) is 1.67. The largest absolute Gasteiger partial charge is 0.497 e. The number of methoxy groups -OCH3 is 1. The van der Waals surface area contributed by atoms with Crippen LogP contribution < -0.4 is 14.8 Å². The highest BCUT2D eigenvalue weighted by atomic mass is 16.5. The summed E-state index contributed by atoms with van der Waals surface area (Å²) in [6, 6.07) is 26.4. The van der Waals surface area contributed by atoms with Crippen LogP contribution in [-0.4, -0.2) is 21.9 Å². The summed E-state index contributed by atoms with van der Waals surface area (Å²) in [5, 5.41) is 8.08. The first kappa shape index (κ1) is 17.8. The molecule has 0 saturated carbocycles. The van der Waals surface area contributed by atoms with Gasteiger partial charge in [-0.05, 0) is 35.4 Å². The zero-order chi connectivity index (χ0) is 20.8. The predicted molar refractivity (Wildman–Crippen MR) is 118 cm³/mol. The van der Waals surface area contributed by atoms with Gasteiger partial charge in [0.1, 0.15) is 30.0 Å². The second kappa shape index (κ2) is 7.02. The standard InChI is InChI=1S/C25H20N4O2/c1-30-18-13-11-16(12-14-18)23-21-22(28-25-26-15-27-29(23)25)19-9-5-6-10-20(19)31-24(21)17-7-3-2-4-8-17/h2-15,23-24H,1H3,(H,26,27,28)/t23-,24-/m0/s1. The molecule has 2 atom stereocenters. The number of rotatable bonds is 3. The number of ether oxygens (including phenoxy) is 2. The van der Waals surface area contributed by atoms with Crippen molar-refractivity contribution in [2.45, 2.75) is 12.1 Å². The fraction of sp³-hybridized carbons (Fsp3) is 0.120. The average molecular weight is 408 g/mol. The smallest absolute Gasteiger partial charge is 0.226 e. The molecule has 0 fully saturated rings. The van der Waals surface area contributed by atoms with Crippen LogP contribution in [0.1, 0.15) is 28.8 Å². The third-order valence-corrected chi connectivity index (χ3v) is 5.86. The molecule has 2 aliphatic rings. The minimum absolute atomic E-state index is 0.168. The first-order chi connectivity index (χ1) is 15.3. The van der Waals surface area contributed by atoms with Crippen LogP contribution in [0.15, 0.2) is 90.8 Å². The summed E-state index contributed by atoms with van der Waals surface area (Å²) >= 11 is 0. The van der Waals surface area contributed by atoms with Gasteiger partial charge in [-0.15, -0.1) is 0 Å². The van der Waals surface area contributed by atoms with E-state index in [1.54, 1.807) is 13.4 Å². The van der Waals surface area contributed by atoms with Gasteiger partial charge in [0.2, 0.25) is 5.95 Å². The Morgan fingerprint density at radius 2 is 1.68 bits per heavy atom. The van der Waals surface area contributed by atoms with Gasteiger partial charge in [-0.3, -0.25) is 0 Å². The maximum atomic E-state index is 6.59. The molecule has 0 unspecified atom stereocenters. The van der Waals surface area contributed by atoms with Crippen LogP contribution in [0.5, 0.6) is 11.5 Å². The van der Waals surface area contributed by atoms with Crippen LogP contribution in [-0.2, 0) is 0 Å². The summed E-state index contributed by atoms with van der Waals surface area (Å²) in [6.45, 7) is 0. The molecule has 0 spiro atoms. The highest BCUT2D eigenvalue weighted by Crippen LogP contribution is 2.50. The normalized spacial score (nSPS) is 18.9. The zero-order valence-corrected chi connectivity index (χ0v) is 16.9. The second-order valence-corrected chi connectivity index (χ2v) is 7.56. The highest BCUT2D eigenvalue weighted by Gasteiger charge is 2.40. The van der Waals surface area contributed by atoms with E-state index < -0.39 is 0 Å². The number of para-hydroxylation sites is 1. The molecule has 0 aliphatic carbocycles. The number of aromatic nitrogens is 3. The second-order valence-electron chi connectivity index (χ2n) is 7.56. The molecule has 0 saturated heterocycles. The number of hydrogen-bond donors (Lipinski definition) is 1. The van der Waals surface area contributed by atoms with E-state index in [4.69, 9.17) is 9.47 Å². The van der Waals surface area contributed by atoms with Crippen molar-refractivity contribution in [2.24, 2.45) is 0 Å². The summed E-state index contributed by atoms with van der Waals surface area (Å²) in [6.07, 6.45) is 1.32. The summed E-state index contributed by atoms with van der Waals surface area (Å²) in [5.74, 6) is 2.38. The van der Waals surface area contributed by atoms with Crippen LogP contribution >= 0.6 is 0 Å². The predicted octanol–water partition coefficient (Wildman–Crippen LogP) is 4.85. The molecule has 6 rings (SSSR count). The van der Waals surface area contributed by atoms with Crippen LogP contribution in [0.25, 0.3) is 5.70 Å². The van der Waals surface area contributed by atoms with Crippen molar-refractivity contribution in [1.82, 2.24) is 14.8 Å². The minimum Gasteiger partial charge on any atom is -0.497 e. The van der Waals surface area contributed by atoms with Crippen LogP contribution in [0, 0.1) is 0 Å². The summed E-state index contributed by atoms with van der Waals surface area (Å²) in [5.41, 5.74) is 5.33. The number of benzene rings is 3. The number of fused-ring (bicyclic) bond motifs is 3. The van der Waals surface area contributed by atoms with Gasteiger partial charge >= 0.3 is 0 Å². The van der Waals surface area contributed by atoms with Gasteiger partial charge in [0.25, 0.3) is 0 Å². The molecule has 1 N–H and O–H groups in total. The molecular weight excluding hydrogens is 388 g/mol. The molecule has 3 heterocycles. The molecule has 152 valence electrons. The molecule has 3 aromatic carbocycles. The highest BCUT2D eigenvalue weighted by molar-refractivity contribution is 5.85. The fourth-order valence-corrected chi connectivity index (χ4v) is 4.43. The van der Waals surface area contributed by atoms with Gasteiger partial charge in [0.05, 0.1) is 12.8 Å². The number of hydrogen-bond acceptors (Lipinski definition) is 5. The van der Waals surface area contributed by atoms with Crippen LogP contribution in [0.2, 0.25) is 0 Å². The van der Waals surface area contributed by atoms with E-state index in [9.17, 15) is 0 Å². The van der Waals surface area contributed by atoms with Crippen LogP contribution in [0.4, 0.5) is 5.95 Å². The molecule has 0 amide bonds. The first-order valence-corrected chi connectivity index (χ1v) is 10.2. The van der Waals surface area contributed by atoms with Gasteiger partial charge in [-0.1, -0.05) is 54.6 Å². The molecule has 1 aromatic heterocycles. The van der Waals surface area contributed by atoms with Crippen molar-refractivity contribution in [3.63, 3.8) is 0 Å². The molecular formula is C25H20N4O2. The van der Waals surface area contributed by atoms with Crippen molar-refractivity contribution in [2.75, 3.05) is 12.4 Å². The lowest BCUT2D eigenvalue weighted by atomic mass is 9.84. The number of anilines is 1. The Labute approximate surface area is 179 Å². The van der Waals surface area contributed by atoms with Gasteiger partial charge in [-0.25, -0.2) is 4.68 Å². The van der Waals surface area contributed by atoms with Crippen molar-refractivity contribution in [3.8, 4) is 11.5 Å². The van der Waals surface area contributed by atoms with E-state index in [0.29, 0.717) is 5.95 Å². The SMILES string of the molecule is COc1ccc([C@H]2C3=C(Nc4ncnn42)c2ccccc2O[C@H]3c2ccccc2)cc1. The lowest BCUT2D eigenvalue weighted by Crippen LogP contribution is -2.32. The van der Waals surface area contributed by atoms with E-state index in [0.717, 1.165) is 39.5 Å². The van der Waals surface area contributed by atoms with Crippen molar-refractivity contribution in [1.29, 1.82) is 0 Å². The van der Waals surface area contributed by atoms with E-state index in [-0.39, 0.29) is 12.1 Å². The molecule has 2 aliphatic heterocycles. The number of nitrogens with one attached hydrogen (secondary N) is 1. The topological polar surface area (TPSA) is 61.2 Å². The Hall–Kier alpha value is -4.06. The Morgan fingerprint density at radius 3 is 2.48 bits per heavy atom. The first-order valence-electron chi connectivity index (χ1n) is 10.2. The molecule has 6 heteroatoms. The molecule has 6 nitrogen and oxygen atoms in total. The van der Waals surface area contributed by atoms with Gasteiger partial charge < -0.3 is 14.8 Å². The lowest BCUT2D eigenvalue weighted by Gasteiger charge is -2.39. The Morgan fingerprint density at radius 1 is 0.903 bits per heavy atom. The maximum absolute atomic E-state index is 6.59. The third-order valence-electron chi connectivity index (χ3n) is 5.86. The maximum Gasteiger partial charge on any atom is 0.226 e. The van der Waals surface area contributed by atoms with E-state index in [1.165, 1.54) is 0 Å². The quantitative estimate of drug-likeness (QED) is 0.525. The Bertz CT molecular complexity index is 1280. The lowest BCUT2D eigenvalue weighted by molar-refractivity contribution is 0.223. The zero-order valence-electron chi connectivity index (χ0n) is 16.9. The fourth-order valence-electron chi connectivity index (χ4n) is 4.43. The average Bonchev–Trinajstić information content (AvgIpc) is 3.31. The Balaban J connectivity index is 1.61. The monoisotopic (exact) mass is 408 g/mol. The molecule has 4 aromatic rings. The summed E-state index contributed by atoms with van der Waals surface area (Å²) in [4.78, 5) is 4.47. The van der Waals surface area contributed by atoms with E-state index >= 15 is 0 Å². The van der Waals surface area contributed by atoms with Crippen molar-refractivity contribution < 1.29 is 9.47 Å². The van der Waals surface area contributed by atoms with Crippen LogP contribution in [0.3, 0.4) is 0 Å². The molecule has 0 radical (unpaired) electrons. The third kappa shape index (κ3) is 2.79. The van der Waals surface area contributed by atoms with Crippen molar-refractivity contribution in [3.05, 3.63) is 107 Å². The van der Waals surface area contributed by atoms with Gasteiger partial charge in [0, 0.05) is 11.1 Å². The Kier molecular flexibility index (Phi) is 4.02. The van der Waals surface area contributed by atoms with E-state index in [1.807, 2.05) is 53.2 Å². The van der Waals surface area contributed by atoms with Gasteiger partial charge in [0.15, 0.2) is 0 Å². The van der Waals surface area contributed by atoms with E-state index in [2.05, 4.69) is 45.7 Å².